The zero-order valence-corrected chi connectivity index (χ0v) is 7.29. The van der Waals surface area contributed by atoms with E-state index >= 15 is 0 Å². The van der Waals surface area contributed by atoms with E-state index in [2.05, 4.69) is 6.55 Å². The van der Waals surface area contributed by atoms with Gasteiger partial charge in [-0.25, -0.2) is 0 Å². The molecule has 2 fully saturated rings. The van der Waals surface area contributed by atoms with Crippen LogP contribution in [-0.2, 0) is 13.9 Å². The van der Waals surface area contributed by atoms with E-state index in [1.807, 2.05) is 0 Å². The van der Waals surface area contributed by atoms with Crippen LogP contribution >= 0.6 is 0 Å². The van der Waals surface area contributed by atoms with Crippen LogP contribution in [0.3, 0.4) is 0 Å². The van der Waals surface area contributed by atoms with Gasteiger partial charge in [0.25, 0.3) is 0 Å². The first-order chi connectivity index (χ1) is 4.77. The normalized spacial score (nSPS) is 42.6. The molecule has 3 nitrogen and oxygen atoms in total. The number of epoxide rings is 2. The van der Waals surface area contributed by atoms with Gasteiger partial charge in [0.2, 0.25) is 8.32 Å². The molecule has 2 saturated heterocycles. The zero-order chi connectivity index (χ0) is 7.19. The minimum absolute atomic E-state index is 0.407. The summed E-state index contributed by atoms with van der Waals surface area (Å²) < 4.78 is 15.9. The van der Waals surface area contributed by atoms with Crippen LogP contribution in [0, 0.1) is 0 Å². The van der Waals surface area contributed by atoms with Gasteiger partial charge in [-0.3, -0.25) is 0 Å². The maximum absolute atomic E-state index is 5.47. The second kappa shape index (κ2) is 2.04. The fourth-order valence-electron chi connectivity index (χ4n) is 1.23. The topological polar surface area (TPSA) is 34.3 Å². The Kier molecular flexibility index (Phi) is 1.38. The van der Waals surface area contributed by atoms with Crippen molar-refractivity contribution in [3.8, 4) is 0 Å². The van der Waals surface area contributed by atoms with Crippen molar-refractivity contribution in [3.05, 3.63) is 0 Å². The highest BCUT2D eigenvalue weighted by atomic mass is 28.4. The minimum atomic E-state index is -1.60. The van der Waals surface area contributed by atoms with E-state index < -0.39 is 8.32 Å². The number of ether oxygens (including phenoxy) is 2. The van der Waals surface area contributed by atoms with Crippen molar-refractivity contribution in [1.82, 2.24) is 0 Å². The van der Waals surface area contributed by atoms with Crippen molar-refractivity contribution in [3.63, 3.8) is 0 Å². The maximum atomic E-state index is 5.47. The summed E-state index contributed by atoms with van der Waals surface area (Å²) in [4.78, 5) is 0. The SMILES string of the molecule is CO[Si](C)(C1CO1)C1CO1. The highest BCUT2D eigenvalue weighted by Crippen LogP contribution is 2.33. The molecule has 0 bridgehead atoms. The van der Waals surface area contributed by atoms with Crippen LogP contribution < -0.4 is 0 Å². The van der Waals surface area contributed by atoms with Crippen molar-refractivity contribution in [1.29, 1.82) is 0 Å². The molecule has 2 atom stereocenters. The van der Waals surface area contributed by atoms with Crippen LogP contribution in [0.2, 0.25) is 6.55 Å². The number of rotatable bonds is 3. The molecule has 2 heterocycles. The number of hydrogen-bond donors (Lipinski definition) is 0. The summed E-state index contributed by atoms with van der Waals surface area (Å²) in [7, 11) is 0.173. The molecule has 0 N–H and O–H groups in total. The van der Waals surface area contributed by atoms with Gasteiger partial charge in [0.05, 0.1) is 13.2 Å². The van der Waals surface area contributed by atoms with Crippen molar-refractivity contribution < 1.29 is 13.9 Å². The maximum Gasteiger partial charge on any atom is 0.250 e. The first-order valence-corrected chi connectivity index (χ1v) is 6.12. The molecule has 0 aliphatic carbocycles. The molecule has 0 saturated carbocycles. The molecule has 2 aliphatic rings. The predicted octanol–water partition coefficient (Wildman–Crippen LogP) is 0.0841. The minimum Gasteiger partial charge on any atom is -0.415 e. The van der Waals surface area contributed by atoms with E-state index in [0.29, 0.717) is 11.5 Å². The standard InChI is InChI=1S/C6H12O3Si/c1-7-10(2,5-3-8-5)6-4-9-6/h5-6H,3-4H2,1-2H3. The van der Waals surface area contributed by atoms with Gasteiger partial charge in [0, 0.05) is 7.11 Å². The summed E-state index contributed by atoms with van der Waals surface area (Å²) in [5.41, 5.74) is 0.815. The summed E-state index contributed by atoms with van der Waals surface area (Å²) in [6.45, 7) is 3.95. The first-order valence-electron chi connectivity index (χ1n) is 3.55. The Morgan fingerprint density at radius 2 is 1.70 bits per heavy atom. The average Bonchev–Trinajstić information content (AvgIpc) is 2.73. The summed E-state index contributed by atoms with van der Waals surface area (Å²) in [6, 6.07) is 0. The van der Waals surface area contributed by atoms with Crippen molar-refractivity contribution in [2.45, 2.75) is 18.0 Å². The molecule has 10 heavy (non-hydrogen) atoms. The largest absolute Gasteiger partial charge is 0.415 e. The van der Waals surface area contributed by atoms with Crippen LogP contribution in [0.4, 0.5) is 0 Å². The Morgan fingerprint density at radius 3 is 1.90 bits per heavy atom. The monoisotopic (exact) mass is 160 g/mol. The predicted molar refractivity (Wildman–Crippen MR) is 38.1 cm³/mol. The van der Waals surface area contributed by atoms with Crippen LogP contribution in [0.25, 0.3) is 0 Å². The summed E-state index contributed by atoms with van der Waals surface area (Å²) in [5, 5.41) is 0. The molecule has 0 aromatic heterocycles. The van der Waals surface area contributed by atoms with Crippen LogP contribution in [0.15, 0.2) is 0 Å². The van der Waals surface area contributed by atoms with Gasteiger partial charge in [-0.2, -0.15) is 0 Å². The van der Waals surface area contributed by atoms with Gasteiger partial charge in [-0.05, 0) is 6.55 Å². The van der Waals surface area contributed by atoms with E-state index in [1.165, 1.54) is 0 Å². The Balaban J connectivity index is 2.03. The molecule has 4 heteroatoms. The second-order valence-electron chi connectivity index (χ2n) is 3.03. The van der Waals surface area contributed by atoms with Crippen LogP contribution in [0.1, 0.15) is 0 Å². The Labute approximate surface area is 61.4 Å². The lowest BCUT2D eigenvalue weighted by Crippen LogP contribution is -2.47. The molecular formula is C6H12O3Si. The highest BCUT2D eigenvalue weighted by molar-refractivity contribution is 6.76. The molecule has 2 unspecified atom stereocenters. The van der Waals surface area contributed by atoms with Gasteiger partial charge in [0.1, 0.15) is 11.5 Å². The van der Waals surface area contributed by atoms with E-state index in [1.54, 1.807) is 7.11 Å². The van der Waals surface area contributed by atoms with Crippen molar-refractivity contribution in [2.75, 3.05) is 20.3 Å². The summed E-state index contributed by atoms with van der Waals surface area (Å²) in [6.07, 6.45) is 0. The highest BCUT2D eigenvalue weighted by Gasteiger charge is 2.57. The molecule has 0 aromatic carbocycles. The number of hydrogen-bond acceptors (Lipinski definition) is 3. The molecule has 58 valence electrons. The average molecular weight is 160 g/mol. The van der Waals surface area contributed by atoms with Gasteiger partial charge in [0.15, 0.2) is 0 Å². The smallest absolute Gasteiger partial charge is 0.250 e. The van der Waals surface area contributed by atoms with Crippen LogP contribution in [-0.4, -0.2) is 40.1 Å². The van der Waals surface area contributed by atoms with E-state index in [4.69, 9.17) is 13.9 Å². The molecule has 2 rings (SSSR count). The lowest BCUT2D eigenvalue weighted by molar-refractivity contribution is 0.332. The van der Waals surface area contributed by atoms with E-state index in [-0.39, 0.29) is 0 Å². The third-order valence-electron chi connectivity index (χ3n) is 2.39. The Bertz CT molecular complexity index is 130. The zero-order valence-electron chi connectivity index (χ0n) is 6.29. The molecule has 2 aliphatic heterocycles. The molecule has 0 spiro atoms. The third-order valence-corrected chi connectivity index (χ3v) is 6.49. The Morgan fingerprint density at radius 1 is 1.30 bits per heavy atom. The van der Waals surface area contributed by atoms with E-state index in [9.17, 15) is 0 Å². The molecule has 0 amide bonds. The van der Waals surface area contributed by atoms with Gasteiger partial charge < -0.3 is 13.9 Å². The summed E-state index contributed by atoms with van der Waals surface area (Å²) >= 11 is 0. The third kappa shape index (κ3) is 0.916. The lowest BCUT2D eigenvalue weighted by atomic mass is 10.9. The van der Waals surface area contributed by atoms with Gasteiger partial charge in [-0.1, -0.05) is 0 Å². The molecule has 0 radical (unpaired) electrons. The fourth-order valence-corrected chi connectivity index (χ4v) is 3.68. The fraction of sp³-hybridized carbons (Fsp3) is 1.00. The lowest BCUT2D eigenvalue weighted by Gasteiger charge is -2.19. The van der Waals surface area contributed by atoms with Gasteiger partial charge >= 0.3 is 0 Å². The van der Waals surface area contributed by atoms with E-state index in [0.717, 1.165) is 13.2 Å². The van der Waals surface area contributed by atoms with Crippen molar-refractivity contribution in [2.24, 2.45) is 0 Å². The molecular weight excluding hydrogens is 148 g/mol. The van der Waals surface area contributed by atoms with Crippen molar-refractivity contribution >= 4 is 8.32 Å². The molecule has 0 aromatic rings. The van der Waals surface area contributed by atoms with Crippen LogP contribution in [0.5, 0.6) is 0 Å². The Hall–Kier alpha value is 0.0969. The second-order valence-corrected chi connectivity index (χ2v) is 7.10. The van der Waals surface area contributed by atoms with Gasteiger partial charge in [-0.15, -0.1) is 0 Å². The quantitative estimate of drug-likeness (QED) is 0.433. The first kappa shape index (κ1) is 6.79. The summed E-state index contributed by atoms with van der Waals surface area (Å²) in [5.74, 6) is 0.